The minimum Gasteiger partial charge on any atom is -0.365 e. The fraction of sp³-hybridized carbons (Fsp3) is 0.333. The molecule has 1 N–H and O–H groups in total. The number of fused-ring (bicyclic) bond motifs is 1. The predicted molar refractivity (Wildman–Crippen MR) is 52.2 cm³/mol. The van der Waals surface area contributed by atoms with Gasteiger partial charge in [-0.25, -0.2) is 9.97 Å². The van der Waals surface area contributed by atoms with E-state index in [9.17, 15) is 0 Å². The van der Waals surface area contributed by atoms with E-state index in [0.717, 1.165) is 23.2 Å². The summed E-state index contributed by atoms with van der Waals surface area (Å²) in [5.41, 5.74) is 1.60. The lowest BCUT2D eigenvalue weighted by Crippen LogP contribution is -2.00. The highest BCUT2D eigenvalue weighted by Crippen LogP contribution is 2.42. The fourth-order valence-electron chi connectivity index (χ4n) is 1.61. The first-order valence-electron chi connectivity index (χ1n) is 4.33. The topological polar surface area (TPSA) is 54.1 Å². The Balaban J connectivity index is 2.35. The molecule has 1 atom stereocenters. The lowest BCUT2D eigenvalue weighted by Gasteiger charge is -2.02. The van der Waals surface area contributed by atoms with Crippen LogP contribution in [-0.2, 0) is 10.3 Å². The van der Waals surface area contributed by atoms with E-state index in [-0.39, 0.29) is 5.60 Å². The van der Waals surface area contributed by atoms with E-state index in [0.29, 0.717) is 5.15 Å². The SMILES string of the molecule is CC1(c2c[nH]c3ncnc(Cl)c23)CO1. The second-order valence-corrected chi connectivity index (χ2v) is 3.97. The largest absolute Gasteiger partial charge is 0.365 e. The summed E-state index contributed by atoms with van der Waals surface area (Å²) in [5.74, 6) is 0. The van der Waals surface area contributed by atoms with Crippen LogP contribution in [0.5, 0.6) is 0 Å². The standard InChI is InChI=1S/C9H8ClN3O/c1-9(3-14-9)5-2-11-8-6(5)7(10)12-4-13-8/h2,4H,3H2,1H3,(H,11,12,13). The van der Waals surface area contributed by atoms with Gasteiger partial charge in [0.1, 0.15) is 22.7 Å². The normalized spacial score (nSPS) is 25.6. The molecule has 2 aromatic rings. The number of halogens is 1. The van der Waals surface area contributed by atoms with Gasteiger partial charge in [-0.15, -0.1) is 0 Å². The highest BCUT2D eigenvalue weighted by atomic mass is 35.5. The van der Waals surface area contributed by atoms with Crippen molar-refractivity contribution < 1.29 is 4.74 Å². The summed E-state index contributed by atoms with van der Waals surface area (Å²) >= 11 is 6.01. The Bertz CT molecular complexity index is 504. The number of aromatic amines is 1. The number of epoxide rings is 1. The Morgan fingerprint density at radius 3 is 3.07 bits per heavy atom. The van der Waals surface area contributed by atoms with Gasteiger partial charge in [0.2, 0.25) is 0 Å². The lowest BCUT2D eigenvalue weighted by molar-refractivity contribution is 0.331. The van der Waals surface area contributed by atoms with Crippen LogP contribution in [0.15, 0.2) is 12.5 Å². The van der Waals surface area contributed by atoms with Crippen molar-refractivity contribution in [3.8, 4) is 0 Å². The van der Waals surface area contributed by atoms with Crippen molar-refractivity contribution in [1.29, 1.82) is 0 Å². The number of hydrogen-bond donors (Lipinski definition) is 1. The van der Waals surface area contributed by atoms with Crippen LogP contribution < -0.4 is 0 Å². The molecule has 1 aliphatic rings. The van der Waals surface area contributed by atoms with Gasteiger partial charge in [0.05, 0.1) is 12.0 Å². The van der Waals surface area contributed by atoms with Crippen molar-refractivity contribution >= 4 is 22.6 Å². The maximum atomic E-state index is 6.01. The third kappa shape index (κ3) is 0.980. The van der Waals surface area contributed by atoms with Gasteiger partial charge in [-0.2, -0.15) is 0 Å². The van der Waals surface area contributed by atoms with E-state index in [4.69, 9.17) is 16.3 Å². The summed E-state index contributed by atoms with van der Waals surface area (Å²) in [6.45, 7) is 2.75. The van der Waals surface area contributed by atoms with E-state index in [1.54, 1.807) is 0 Å². The van der Waals surface area contributed by atoms with Crippen LogP contribution in [0.4, 0.5) is 0 Å². The van der Waals surface area contributed by atoms with Gasteiger partial charge in [-0.3, -0.25) is 0 Å². The first-order valence-corrected chi connectivity index (χ1v) is 4.70. The lowest BCUT2D eigenvalue weighted by atomic mass is 10.0. The molecule has 0 aromatic carbocycles. The summed E-state index contributed by atoms with van der Waals surface area (Å²) in [7, 11) is 0. The van der Waals surface area contributed by atoms with Crippen LogP contribution in [0.2, 0.25) is 5.15 Å². The van der Waals surface area contributed by atoms with Crippen molar-refractivity contribution in [2.45, 2.75) is 12.5 Å². The summed E-state index contributed by atoms with van der Waals surface area (Å²) in [6, 6.07) is 0. The Kier molecular flexibility index (Phi) is 1.44. The third-order valence-electron chi connectivity index (χ3n) is 2.57. The molecule has 1 saturated heterocycles. The van der Waals surface area contributed by atoms with Gasteiger partial charge in [0, 0.05) is 11.8 Å². The molecule has 0 saturated carbocycles. The number of H-pyrrole nitrogens is 1. The van der Waals surface area contributed by atoms with Crippen molar-refractivity contribution in [2.75, 3.05) is 6.61 Å². The summed E-state index contributed by atoms with van der Waals surface area (Å²) in [6.07, 6.45) is 3.33. The Labute approximate surface area is 85.3 Å². The zero-order valence-electron chi connectivity index (χ0n) is 7.54. The zero-order chi connectivity index (χ0) is 9.76. The minimum atomic E-state index is -0.202. The summed E-state index contributed by atoms with van der Waals surface area (Å²) in [4.78, 5) is 11.1. The molecule has 5 heteroatoms. The molecule has 72 valence electrons. The average molecular weight is 210 g/mol. The highest BCUT2D eigenvalue weighted by Gasteiger charge is 2.43. The molecule has 3 rings (SSSR count). The fourth-order valence-corrected chi connectivity index (χ4v) is 1.84. The molecule has 2 aromatic heterocycles. The van der Waals surface area contributed by atoms with Crippen molar-refractivity contribution in [2.24, 2.45) is 0 Å². The molecule has 0 aliphatic carbocycles. The molecule has 1 unspecified atom stereocenters. The van der Waals surface area contributed by atoms with Crippen LogP contribution in [0.25, 0.3) is 11.0 Å². The van der Waals surface area contributed by atoms with E-state index >= 15 is 0 Å². The van der Waals surface area contributed by atoms with E-state index < -0.39 is 0 Å². The van der Waals surface area contributed by atoms with E-state index in [1.165, 1.54) is 6.33 Å². The number of nitrogens with zero attached hydrogens (tertiary/aromatic N) is 2. The Morgan fingerprint density at radius 2 is 2.36 bits per heavy atom. The summed E-state index contributed by atoms with van der Waals surface area (Å²) in [5, 5.41) is 1.34. The van der Waals surface area contributed by atoms with Gasteiger partial charge in [0.15, 0.2) is 0 Å². The van der Waals surface area contributed by atoms with Crippen LogP contribution in [0.3, 0.4) is 0 Å². The molecular formula is C9H8ClN3O. The molecule has 1 fully saturated rings. The number of hydrogen-bond acceptors (Lipinski definition) is 3. The van der Waals surface area contributed by atoms with Crippen LogP contribution in [0.1, 0.15) is 12.5 Å². The van der Waals surface area contributed by atoms with Gasteiger partial charge >= 0.3 is 0 Å². The molecule has 0 radical (unpaired) electrons. The minimum absolute atomic E-state index is 0.202. The highest BCUT2D eigenvalue weighted by molar-refractivity contribution is 6.34. The Hall–Kier alpha value is -1.13. The van der Waals surface area contributed by atoms with Crippen LogP contribution in [-0.4, -0.2) is 21.6 Å². The molecule has 1 aliphatic heterocycles. The summed E-state index contributed by atoms with van der Waals surface area (Å²) < 4.78 is 5.37. The van der Waals surface area contributed by atoms with Gasteiger partial charge in [-0.05, 0) is 6.92 Å². The molecule has 0 amide bonds. The van der Waals surface area contributed by atoms with Crippen molar-refractivity contribution in [1.82, 2.24) is 15.0 Å². The third-order valence-corrected chi connectivity index (χ3v) is 2.86. The van der Waals surface area contributed by atoms with Crippen molar-refractivity contribution in [3.05, 3.63) is 23.2 Å². The van der Waals surface area contributed by atoms with Crippen LogP contribution in [0, 0.1) is 0 Å². The first kappa shape index (κ1) is 8.20. The molecule has 14 heavy (non-hydrogen) atoms. The zero-order valence-corrected chi connectivity index (χ0v) is 8.30. The van der Waals surface area contributed by atoms with E-state index in [1.807, 2.05) is 13.1 Å². The van der Waals surface area contributed by atoms with Gasteiger partial charge in [0.25, 0.3) is 0 Å². The number of ether oxygens (including phenoxy) is 1. The molecule has 0 bridgehead atoms. The second kappa shape index (κ2) is 2.46. The number of rotatable bonds is 1. The first-order chi connectivity index (χ1) is 6.71. The smallest absolute Gasteiger partial charge is 0.142 e. The maximum Gasteiger partial charge on any atom is 0.142 e. The van der Waals surface area contributed by atoms with Gasteiger partial charge in [-0.1, -0.05) is 11.6 Å². The Morgan fingerprint density at radius 1 is 1.57 bits per heavy atom. The molecule has 4 nitrogen and oxygen atoms in total. The van der Waals surface area contributed by atoms with Crippen molar-refractivity contribution in [3.63, 3.8) is 0 Å². The molecule has 3 heterocycles. The molecule has 0 spiro atoms. The monoisotopic (exact) mass is 209 g/mol. The quantitative estimate of drug-likeness (QED) is 0.576. The maximum absolute atomic E-state index is 6.01. The second-order valence-electron chi connectivity index (χ2n) is 3.61. The molecular weight excluding hydrogens is 202 g/mol. The predicted octanol–water partition coefficient (Wildman–Crippen LogP) is 1.86. The number of nitrogens with one attached hydrogen (secondary N) is 1. The van der Waals surface area contributed by atoms with E-state index in [2.05, 4.69) is 15.0 Å². The average Bonchev–Trinajstić information content (AvgIpc) is 2.77. The van der Waals surface area contributed by atoms with Gasteiger partial charge < -0.3 is 9.72 Å². The number of aromatic nitrogens is 3. The van der Waals surface area contributed by atoms with Crippen LogP contribution >= 0.6 is 11.6 Å².